The van der Waals surface area contributed by atoms with Crippen molar-refractivity contribution in [1.82, 2.24) is 5.32 Å². The zero-order chi connectivity index (χ0) is 31.5. The van der Waals surface area contributed by atoms with Crippen molar-refractivity contribution in [3.63, 3.8) is 0 Å². The highest BCUT2D eigenvalue weighted by molar-refractivity contribution is 5.76. The van der Waals surface area contributed by atoms with Gasteiger partial charge in [-0.2, -0.15) is 0 Å². The minimum atomic E-state index is -0.649. The minimum absolute atomic E-state index is 0.0339. The Morgan fingerprint density at radius 1 is 0.465 bits per heavy atom. The van der Waals surface area contributed by atoms with Crippen molar-refractivity contribution in [3.8, 4) is 0 Å². The van der Waals surface area contributed by atoms with Gasteiger partial charge in [0.25, 0.3) is 0 Å². The van der Waals surface area contributed by atoms with Gasteiger partial charge in [-0.25, -0.2) is 0 Å². The second-order valence-corrected chi connectivity index (χ2v) is 13.7. The Hall–Kier alpha value is -0.610. The van der Waals surface area contributed by atoms with E-state index < -0.39 is 12.1 Å². The predicted molar refractivity (Wildman–Crippen MR) is 189 cm³/mol. The average Bonchev–Trinajstić information content (AvgIpc) is 3.01. The van der Waals surface area contributed by atoms with Gasteiger partial charge in [-0.3, -0.25) is 4.79 Å². The molecule has 258 valence electrons. The van der Waals surface area contributed by atoms with Crippen LogP contribution in [-0.4, -0.2) is 34.9 Å². The van der Waals surface area contributed by atoms with Gasteiger partial charge in [-0.15, -0.1) is 0 Å². The van der Waals surface area contributed by atoms with Crippen molar-refractivity contribution in [1.29, 1.82) is 0 Å². The summed E-state index contributed by atoms with van der Waals surface area (Å²) in [4.78, 5) is 12.2. The van der Waals surface area contributed by atoms with E-state index in [0.29, 0.717) is 12.8 Å². The van der Waals surface area contributed by atoms with Gasteiger partial charge in [-0.1, -0.05) is 206 Å². The van der Waals surface area contributed by atoms with Gasteiger partial charge in [0.05, 0.1) is 18.8 Å². The lowest BCUT2D eigenvalue weighted by Gasteiger charge is -2.22. The lowest BCUT2D eigenvalue weighted by atomic mass is 10.0. The van der Waals surface area contributed by atoms with Crippen LogP contribution < -0.4 is 5.32 Å². The molecule has 0 aromatic carbocycles. The van der Waals surface area contributed by atoms with E-state index in [0.717, 1.165) is 25.7 Å². The number of nitrogens with one attached hydrogen (secondary N) is 1. The Kier molecular flexibility index (Phi) is 35.4. The third kappa shape index (κ3) is 32.6. The first-order valence-corrected chi connectivity index (χ1v) is 19.7. The van der Waals surface area contributed by atoms with Crippen LogP contribution >= 0.6 is 0 Å². The maximum Gasteiger partial charge on any atom is 0.220 e. The molecule has 0 radical (unpaired) electrons. The number of hydrogen-bond donors (Lipinski definition) is 3. The van der Waals surface area contributed by atoms with Crippen LogP contribution in [-0.2, 0) is 4.79 Å². The molecule has 0 aromatic rings. The van der Waals surface area contributed by atoms with Crippen LogP contribution in [0.1, 0.15) is 226 Å². The number of aliphatic hydroxyl groups excluding tert-OH is 2. The summed E-state index contributed by atoms with van der Waals surface area (Å²) >= 11 is 0. The van der Waals surface area contributed by atoms with Crippen molar-refractivity contribution in [2.24, 2.45) is 0 Å². The van der Waals surface area contributed by atoms with Crippen molar-refractivity contribution in [3.05, 3.63) is 0 Å². The molecule has 0 aliphatic heterocycles. The van der Waals surface area contributed by atoms with E-state index in [9.17, 15) is 15.0 Å². The Labute approximate surface area is 270 Å². The maximum atomic E-state index is 12.2. The van der Waals surface area contributed by atoms with Gasteiger partial charge in [0.1, 0.15) is 0 Å². The molecule has 0 aromatic heterocycles. The standard InChI is InChI=1S/C39H79NO3/c1-3-5-7-9-10-11-12-13-14-15-16-17-18-19-20-21-22-23-24-25-26-27-28-29-31-33-35-39(43)40-37(36-41)38(42)34-32-30-8-6-4-2/h37-38,41-42H,3-36H2,1-2H3,(H,40,43). The van der Waals surface area contributed by atoms with E-state index >= 15 is 0 Å². The molecule has 0 fully saturated rings. The Balaban J connectivity index is 3.32. The van der Waals surface area contributed by atoms with Crippen LogP contribution in [0.4, 0.5) is 0 Å². The van der Waals surface area contributed by atoms with Gasteiger partial charge in [0.15, 0.2) is 0 Å². The highest BCUT2D eigenvalue weighted by Crippen LogP contribution is 2.16. The number of aliphatic hydroxyl groups is 2. The average molecular weight is 610 g/mol. The van der Waals surface area contributed by atoms with E-state index in [-0.39, 0.29) is 12.5 Å². The van der Waals surface area contributed by atoms with Crippen molar-refractivity contribution in [2.45, 2.75) is 238 Å². The molecule has 0 heterocycles. The SMILES string of the molecule is CCCCCCCCCCCCCCCCCCCCCCCCCCCCC(=O)NC(CO)C(O)CCCCCCC. The van der Waals surface area contributed by atoms with E-state index in [1.165, 1.54) is 173 Å². The van der Waals surface area contributed by atoms with Gasteiger partial charge < -0.3 is 15.5 Å². The molecular weight excluding hydrogens is 530 g/mol. The second kappa shape index (κ2) is 35.9. The Morgan fingerprint density at radius 3 is 1.05 bits per heavy atom. The van der Waals surface area contributed by atoms with E-state index in [4.69, 9.17) is 0 Å². The molecular formula is C39H79NO3. The van der Waals surface area contributed by atoms with Crippen molar-refractivity contribution >= 4 is 5.91 Å². The molecule has 4 nitrogen and oxygen atoms in total. The molecule has 0 aliphatic carbocycles. The van der Waals surface area contributed by atoms with Gasteiger partial charge >= 0.3 is 0 Å². The van der Waals surface area contributed by atoms with Crippen LogP contribution in [0.15, 0.2) is 0 Å². The largest absolute Gasteiger partial charge is 0.394 e. The number of rotatable bonds is 36. The highest BCUT2D eigenvalue weighted by atomic mass is 16.3. The molecule has 2 unspecified atom stereocenters. The molecule has 2 atom stereocenters. The molecule has 0 spiro atoms. The van der Waals surface area contributed by atoms with Crippen LogP contribution in [0.25, 0.3) is 0 Å². The summed E-state index contributed by atoms with van der Waals surface area (Å²) in [6.07, 6.45) is 42.1. The molecule has 0 aliphatic rings. The fourth-order valence-electron chi connectivity index (χ4n) is 6.30. The van der Waals surface area contributed by atoms with Crippen LogP contribution in [0.2, 0.25) is 0 Å². The van der Waals surface area contributed by atoms with Crippen LogP contribution in [0.5, 0.6) is 0 Å². The Bertz CT molecular complexity index is 541. The number of hydrogen-bond acceptors (Lipinski definition) is 3. The fourth-order valence-corrected chi connectivity index (χ4v) is 6.30. The first-order valence-electron chi connectivity index (χ1n) is 19.7. The molecule has 43 heavy (non-hydrogen) atoms. The minimum Gasteiger partial charge on any atom is -0.394 e. The smallest absolute Gasteiger partial charge is 0.220 e. The Morgan fingerprint density at radius 2 is 0.744 bits per heavy atom. The van der Waals surface area contributed by atoms with Crippen molar-refractivity contribution in [2.75, 3.05) is 6.61 Å². The molecule has 0 saturated carbocycles. The number of carbonyl (C=O) groups is 1. The number of amides is 1. The molecule has 4 heteroatoms. The summed E-state index contributed by atoms with van der Waals surface area (Å²) in [6, 6.07) is -0.525. The fraction of sp³-hybridized carbons (Fsp3) is 0.974. The van der Waals surface area contributed by atoms with Crippen LogP contribution in [0.3, 0.4) is 0 Å². The second-order valence-electron chi connectivity index (χ2n) is 13.7. The summed E-state index contributed by atoms with van der Waals surface area (Å²) in [5.74, 6) is -0.0339. The van der Waals surface area contributed by atoms with E-state index in [1.54, 1.807) is 0 Å². The summed E-state index contributed by atoms with van der Waals surface area (Å²) in [5.41, 5.74) is 0. The summed E-state index contributed by atoms with van der Waals surface area (Å²) in [7, 11) is 0. The molecule has 0 bridgehead atoms. The normalized spacial score (nSPS) is 12.9. The molecule has 0 saturated heterocycles. The summed E-state index contributed by atoms with van der Waals surface area (Å²) in [5, 5.41) is 22.7. The highest BCUT2D eigenvalue weighted by Gasteiger charge is 2.19. The summed E-state index contributed by atoms with van der Waals surface area (Å²) in [6.45, 7) is 4.29. The zero-order valence-electron chi connectivity index (χ0n) is 29.5. The first kappa shape index (κ1) is 42.4. The van der Waals surface area contributed by atoms with E-state index in [2.05, 4.69) is 19.2 Å². The first-order chi connectivity index (χ1) is 21.2. The summed E-state index contributed by atoms with van der Waals surface area (Å²) < 4.78 is 0. The maximum absolute atomic E-state index is 12.2. The lowest BCUT2D eigenvalue weighted by Crippen LogP contribution is -2.45. The van der Waals surface area contributed by atoms with Gasteiger partial charge in [-0.05, 0) is 12.8 Å². The molecule has 3 N–H and O–H groups in total. The monoisotopic (exact) mass is 610 g/mol. The third-order valence-electron chi connectivity index (χ3n) is 9.37. The van der Waals surface area contributed by atoms with Gasteiger partial charge in [0.2, 0.25) is 5.91 Å². The van der Waals surface area contributed by atoms with E-state index in [1.807, 2.05) is 0 Å². The zero-order valence-corrected chi connectivity index (χ0v) is 29.5. The van der Waals surface area contributed by atoms with Gasteiger partial charge in [0, 0.05) is 6.42 Å². The topological polar surface area (TPSA) is 69.6 Å². The quantitative estimate of drug-likeness (QED) is 0.0619. The van der Waals surface area contributed by atoms with Crippen molar-refractivity contribution < 1.29 is 15.0 Å². The number of carbonyl (C=O) groups excluding carboxylic acids is 1. The predicted octanol–water partition coefficient (Wildman–Crippen LogP) is 11.7. The molecule has 1 amide bonds. The number of unbranched alkanes of at least 4 members (excludes halogenated alkanes) is 29. The van der Waals surface area contributed by atoms with Crippen LogP contribution in [0, 0.1) is 0 Å². The lowest BCUT2D eigenvalue weighted by molar-refractivity contribution is -0.123. The molecule has 0 rings (SSSR count). The third-order valence-corrected chi connectivity index (χ3v) is 9.37.